The van der Waals surface area contributed by atoms with Crippen molar-refractivity contribution >= 4 is 23.4 Å². The molecular formula is C16H18ClNS. The number of halogens is 1. The lowest BCUT2D eigenvalue weighted by molar-refractivity contribution is 0.717. The Morgan fingerprint density at radius 1 is 1.11 bits per heavy atom. The lowest BCUT2D eigenvalue weighted by Crippen LogP contribution is -2.12. The second-order valence-corrected chi connectivity index (χ2v) is 5.91. The normalized spacial score (nSPS) is 10.7. The highest BCUT2D eigenvalue weighted by atomic mass is 35.5. The first-order valence-corrected chi connectivity index (χ1v) is 7.62. The van der Waals surface area contributed by atoms with E-state index in [1.165, 1.54) is 16.0 Å². The predicted octanol–water partition coefficient (Wildman–Crippen LogP) is 4.91. The van der Waals surface area contributed by atoms with Gasteiger partial charge in [-0.2, -0.15) is 0 Å². The summed E-state index contributed by atoms with van der Waals surface area (Å²) in [5.41, 5.74) is 2.61. The molecule has 0 aromatic heterocycles. The van der Waals surface area contributed by atoms with Gasteiger partial charge in [0.1, 0.15) is 0 Å². The summed E-state index contributed by atoms with van der Waals surface area (Å²) in [6.45, 7) is 6.12. The quantitative estimate of drug-likeness (QED) is 0.840. The van der Waals surface area contributed by atoms with Gasteiger partial charge in [0.2, 0.25) is 0 Å². The maximum atomic E-state index is 6.23. The van der Waals surface area contributed by atoms with Gasteiger partial charge in [-0.1, -0.05) is 60.1 Å². The van der Waals surface area contributed by atoms with Crippen LogP contribution in [0, 0.1) is 6.92 Å². The van der Waals surface area contributed by atoms with Gasteiger partial charge in [0.05, 0.1) is 5.02 Å². The Morgan fingerprint density at radius 2 is 1.89 bits per heavy atom. The summed E-state index contributed by atoms with van der Waals surface area (Å²) in [5, 5.41) is 4.19. The average Bonchev–Trinajstić information content (AvgIpc) is 2.41. The van der Waals surface area contributed by atoms with Crippen LogP contribution in [0.5, 0.6) is 0 Å². The van der Waals surface area contributed by atoms with Crippen molar-refractivity contribution in [2.45, 2.75) is 30.2 Å². The number of rotatable bonds is 5. The fourth-order valence-corrected chi connectivity index (χ4v) is 3.05. The topological polar surface area (TPSA) is 12.0 Å². The molecule has 2 aromatic carbocycles. The molecule has 0 saturated heterocycles. The van der Waals surface area contributed by atoms with Crippen LogP contribution in [0.4, 0.5) is 0 Å². The van der Waals surface area contributed by atoms with Crippen LogP contribution in [0.3, 0.4) is 0 Å². The molecule has 0 radical (unpaired) electrons. The number of nitrogens with one attached hydrogen (secondary N) is 1. The maximum Gasteiger partial charge on any atom is 0.0545 e. The number of hydrogen-bond acceptors (Lipinski definition) is 2. The molecule has 2 rings (SSSR count). The van der Waals surface area contributed by atoms with Gasteiger partial charge in [0.25, 0.3) is 0 Å². The van der Waals surface area contributed by atoms with E-state index in [4.69, 9.17) is 11.6 Å². The van der Waals surface area contributed by atoms with Crippen LogP contribution in [0.25, 0.3) is 0 Å². The molecule has 0 fully saturated rings. The Bertz CT molecular complexity index is 554. The minimum atomic E-state index is 0.808. The van der Waals surface area contributed by atoms with Crippen LogP contribution in [0.1, 0.15) is 18.1 Å². The zero-order valence-electron chi connectivity index (χ0n) is 11.2. The van der Waals surface area contributed by atoms with Gasteiger partial charge in [-0.3, -0.25) is 0 Å². The van der Waals surface area contributed by atoms with E-state index < -0.39 is 0 Å². The molecule has 2 aromatic rings. The van der Waals surface area contributed by atoms with E-state index in [1.54, 1.807) is 11.8 Å². The van der Waals surface area contributed by atoms with Crippen LogP contribution in [-0.4, -0.2) is 6.54 Å². The van der Waals surface area contributed by atoms with Crippen molar-refractivity contribution in [3.8, 4) is 0 Å². The zero-order chi connectivity index (χ0) is 13.7. The summed E-state index contributed by atoms with van der Waals surface area (Å²) in [6.07, 6.45) is 0. The molecular weight excluding hydrogens is 274 g/mol. The van der Waals surface area contributed by atoms with E-state index in [-0.39, 0.29) is 0 Å². The highest BCUT2D eigenvalue weighted by molar-refractivity contribution is 7.99. The third kappa shape index (κ3) is 4.00. The molecule has 3 heteroatoms. The summed E-state index contributed by atoms with van der Waals surface area (Å²) in [6, 6.07) is 14.5. The van der Waals surface area contributed by atoms with Gasteiger partial charge < -0.3 is 5.32 Å². The van der Waals surface area contributed by atoms with Gasteiger partial charge in [-0.25, -0.2) is 0 Å². The molecule has 0 amide bonds. The monoisotopic (exact) mass is 291 g/mol. The van der Waals surface area contributed by atoms with E-state index in [2.05, 4.69) is 43.4 Å². The molecule has 100 valence electrons. The summed E-state index contributed by atoms with van der Waals surface area (Å²) in [5.74, 6) is 0. The van der Waals surface area contributed by atoms with E-state index in [9.17, 15) is 0 Å². The van der Waals surface area contributed by atoms with Crippen LogP contribution >= 0.6 is 23.4 Å². The molecule has 19 heavy (non-hydrogen) atoms. The standard InChI is InChI=1S/C16H18ClNS/c1-3-18-11-13-10-12(2)8-9-15(13)19-16-7-5-4-6-14(16)17/h4-10,18H,3,11H2,1-2H3. The Kier molecular flexibility index (Phi) is 5.32. The largest absolute Gasteiger partial charge is 0.313 e. The third-order valence-corrected chi connectivity index (χ3v) is 4.47. The van der Waals surface area contributed by atoms with Crippen molar-refractivity contribution in [2.24, 2.45) is 0 Å². The molecule has 0 unspecified atom stereocenters. The first kappa shape index (κ1) is 14.4. The lowest BCUT2D eigenvalue weighted by Gasteiger charge is -2.11. The molecule has 0 aliphatic carbocycles. The van der Waals surface area contributed by atoms with Gasteiger partial charge in [0, 0.05) is 16.3 Å². The SMILES string of the molecule is CCNCc1cc(C)ccc1Sc1ccccc1Cl. The Morgan fingerprint density at radius 3 is 2.63 bits per heavy atom. The summed E-state index contributed by atoms with van der Waals surface area (Å²) in [4.78, 5) is 2.37. The zero-order valence-corrected chi connectivity index (χ0v) is 12.8. The van der Waals surface area contributed by atoms with Crippen molar-refractivity contribution in [2.75, 3.05) is 6.54 Å². The number of benzene rings is 2. The summed E-state index contributed by atoms with van der Waals surface area (Å²) in [7, 11) is 0. The molecule has 0 saturated carbocycles. The van der Waals surface area contributed by atoms with Crippen LogP contribution < -0.4 is 5.32 Å². The molecule has 1 N–H and O–H groups in total. The molecule has 0 aliphatic rings. The fourth-order valence-electron chi connectivity index (χ4n) is 1.85. The van der Waals surface area contributed by atoms with Crippen molar-refractivity contribution in [3.63, 3.8) is 0 Å². The van der Waals surface area contributed by atoms with Crippen molar-refractivity contribution in [1.29, 1.82) is 0 Å². The lowest BCUT2D eigenvalue weighted by atomic mass is 10.1. The number of aryl methyl sites for hydroxylation is 1. The van der Waals surface area contributed by atoms with Crippen LogP contribution in [-0.2, 0) is 6.54 Å². The van der Waals surface area contributed by atoms with E-state index in [1.807, 2.05) is 18.2 Å². The second-order valence-electron chi connectivity index (χ2n) is 4.42. The molecule has 0 bridgehead atoms. The molecule has 0 atom stereocenters. The highest BCUT2D eigenvalue weighted by Gasteiger charge is 2.07. The first-order chi connectivity index (χ1) is 9.20. The van der Waals surface area contributed by atoms with Crippen molar-refractivity contribution < 1.29 is 0 Å². The number of hydrogen-bond donors (Lipinski definition) is 1. The predicted molar refractivity (Wildman–Crippen MR) is 84.1 cm³/mol. The van der Waals surface area contributed by atoms with Crippen LogP contribution in [0.15, 0.2) is 52.3 Å². The minimum Gasteiger partial charge on any atom is -0.313 e. The van der Waals surface area contributed by atoms with Gasteiger partial charge in [0.15, 0.2) is 0 Å². The highest BCUT2D eigenvalue weighted by Crippen LogP contribution is 2.35. The van der Waals surface area contributed by atoms with E-state index in [0.29, 0.717) is 0 Å². The molecule has 1 nitrogen and oxygen atoms in total. The van der Waals surface area contributed by atoms with Crippen LogP contribution in [0.2, 0.25) is 5.02 Å². The Labute approximate surface area is 124 Å². The van der Waals surface area contributed by atoms with E-state index >= 15 is 0 Å². The molecule has 0 heterocycles. The minimum absolute atomic E-state index is 0.808. The van der Waals surface area contributed by atoms with Gasteiger partial charge >= 0.3 is 0 Å². The first-order valence-electron chi connectivity index (χ1n) is 6.43. The molecule has 0 aliphatic heterocycles. The van der Waals surface area contributed by atoms with E-state index in [0.717, 1.165) is 23.0 Å². The summed E-state index contributed by atoms with van der Waals surface area (Å²) >= 11 is 7.95. The van der Waals surface area contributed by atoms with Crippen molar-refractivity contribution in [3.05, 3.63) is 58.6 Å². The third-order valence-electron chi connectivity index (χ3n) is 2.84. The van der Waals surface area contributed by atoms with Crippen molar-refractivity contribution in [1.82, 2.24) is 5.32 Å². The Hall–Kier alpha value is -0.960. The molecule has 0 spiro atoms. The maximum absolute atomic E-state index is 6.23. The Balaban J connectivity index is 2.26. The van der Waals surface area contributed by atoms with Gasteiger partial charge in [-0.05, 0) is 37.2 Å². The average molecular weight is 292 g/mol. The smallest absolute Gasteiger partial charge is 0.0545 e. The fraction of sp³-hybridized carbons (Fsp3) is 0.250. The summed E-state index contributed by atoms with van der Waals surface area (Å²) < 4.78 is 0. The second kappa shape index (κ2) is 6.99. The van der Waals surface area contributed by atoms with Gasteiger partial charge in [-0.15, -0.1) is 0 Å².